The van der Waals surface area contributed by atoms with Gasteiger partial charge in [0.05, 0.1) is 18.1 Å². The summed E-state index contributed by atoms with van der Waals surface area (Å²) in [7, 11) is 0. The summed E-state index contributed by atoms with van der Waals surface area (Å²) >= 11 is 0.811. The Morgan fingerprint density at radius 2 is 1.82 bits per heavy atom. The summed E-state index contributed by atoms with van der Waals surface area (Å²) in [6.45, 7) is 8.63. The van der Waals surface area contributed by atoms with Crippen molar-refractivity contribution in [3.05, 3.63) is 58.5 Å². The van der Waals surface area contributed by atoms with Gasteiger partial charge in [-0.1, -0.05) is 37.6 Å². The summed E-state index contributed by atoms with van der Waals surface area (Å²) in [5.74, 6) is 0.635. The van der Waals surface area contributed by atoms with E-state index in [0.29, 0.717) is 41.9 Å². The zero-order valence-corrected chi connectivity index (χ0v) is 20.0. The summed E-state index contributed by atoms with van der Waals surface area (Å²) in [5.41, 5.74) is 2.37. The molecule has 3 rings (SSSR count). The van der Waals surface area contributed by atoms with Crippen molar-refractivity contribution in [1.29, 1.82) is 0 Å². The van der Waals surface area contributed by atoms with Crippen molar-refractivity contribution >= 4 is 40.6 Å². The van der Waals surface area contributed by atoms with Crippen molar-refractivity contribution in [1.82, 2.24) is 4.90 Å². The molecule has 0 bridgehead atoms. The lowest BCUT2D eigenvalue weighted by Gasteiger charge is -2.14. The molecule has 1 aliphatic rings. The van der Waals surface area contributed by atoms with E-state index in [4.69, 9.17) is 9.47 Å². The number of rotatable bonds is 9. The minimum Gasteiger partial charge on any atom is -0.490 e. The predicted octanol–water partition coefficient (Wildman–Crippen LogP) is 5.10. The molecule has 0 radical (unpaired) electrons. The number of anilines is 1. The molecule has 1 saturated heterocycles. The van der Waals surface area contributed by atoms with Gasteiger partial charge in [-0.2, -0.15) is 0 Å². The average molecular weight is 469 g/mol. The fourth-order valence-electron chi connectivity index (χ4n) is 3.03. The maximum Gasteiger partial charge on any atom is 0.294 e. The normalized spacial score (nSPS) is 14.8. The van der Waals surface area contributed by atoms with Crippen LogP contribution in [0.5, 0.6) is 11.5 Å². The second kappa shape index (κ2) is 11.0. The molecule has 0 saturated carbocycles. The van der Waals surface area contributed by atoms with Crippen LogP contribution in [0.25, 0.3) is 6.08 Å². The van der Waals surface area contributed by atoms with E-state index in [1.807, 2.05) is 26.0 Å². The van der Waals surface area contributed by atoms with Gasteiger partial charge in [-0.05, 0) is 67.4 Å². The summed E-state index contributed by atoms with van der Waals surface area (Å²) in [6.07, 6.45) is 1.62. The van der Waals surface area contributed by atoms with Gasteiger partial charge >= 0.3 is 0 Å². The van der Waals surface area contributed by atoms with Crippen molar-refractivity contribution in [3.63, 3.8) is 0 Å². The van der Waals surface area contributed by atoms with E-state index in [1.54, 1.807) is 36.4 Å². The number of nitrogens with one attached hydrogen (secondary N) is 1. The lowest BCUT2D eigenvalue weighted by Crippen LogP contribution is -2.36. The first-order valence-corrected chi connectivity index (χ1v) is 11.6. The first-order chi connectivity index (χ1) is 15.8. The SMILES string of the molecule is CCOc1cc(/C=C2/SC(=O)N(CC(=O)Nc3ccc(C)cc3)C2=O)ccc1OCC(C)C. The van der Waals surface area contributed by atoms with Gasteiger partial charge in [0.2, 0.25) is 5.91 Å². The fourth-order valence-corrected chi connectivity index (χ4v) is 3.87. The third-order valence-corrected chi connectivity index (χ3v) is 5.56. The van der Waals surface area contributed by atoms with E-state index in [0.717, 1.165) is 22.2 Å². The molecular weight excluding hydrogens is 440 g/mol. The first-order valence-electron chi connectivity index (χ1n) is 10.8. The summed E-state index contributed by atoms with van der Waals surface area (Å²) < 4.78 is 11.5. The van der Waals surface area contributed by atoms with E-state index in [9.17, 15) is 14.4 Å². The number of thioether (sulfide) groups is 1. The van der Waals surface area contributed by atoms with Gasteiger partial charge in [0.1, 0.15) is 6.54 Å². The van der Waals surface area contributed by atoms with Crippen LogP contribution in [0, 0.1) is 12.8 Å². The molecule has 1 aliphatic heterocycles. The highest BCUT2D eigenvalue weighted by molar-refractivity contribution is 8.18. The van der Waals surface area contributed by atoms with Crippen LogP contribution in [0.4, 0.5) is 10.5 Å². The fraction of sp³-hybridized carbons (Fsp3) is 0.320. The van der Waals surface area contributed by atoms with Gasteiger partial charge < -0.3 is 14.8 Å². The third kappa shape index (κ3) is 6.61. The van der Waals surface area contributed by atoms with Crippen LogP contribution >= 0.6 is 11.8 Å². The van der Waals surface area contributed by atoms with Crippen molar-refractivity contribution in [2.45, 2.75) is 27.7 Å². The van der Waals surface area contributed by atoms with Crippen molar-refractivity contribution < 1.29 is 23.9 Å². The molecule has 3 amide bonds. The van der Waals surface area contributed by atoms with E-state index in [1.165, 1.54) is 0 Å². The highest BCUT2D eigenvalue weighted by Gasteiger charge is 2.36. The number of carbonyl (C=O) groups is 3. The molecule has 174 valence electrons. The van der Waals surface area contributed by atoms with Gasteiger partial charge in [-0.3, -0.25) is 19.3 Å². The highest BCUT2D eigenvalue weighted by atomic mass is 32.2. The quantitative estimate of drug-likeness (QED) is 0.515. The maximum absolute atomic E-state index is 12.8. The molecule has 0 spiro atoms. The monoisotopic (exact) mass is 468 g/mol. The van der Waals surface area contributed by atoms with Crippen LogP contribution in [-0.2, 0) is 9.59 Å². The van der Waals surface area contributed by atoms with Gasteiger partial charge in [0.15, 0.2) is 11.5 Å². The largest absolute Gasteiger partial charge is 0.490 e. The Balaban J connectivity index is 1.71. The summed E-state index contributed by atoms with van der Waals surface area (Å²) in [6, 6.07) is 12.6. The Morgan fingerprint density at radius 3 is 2.48 bits per heavy atom. The number of nitrogens with zero attached hydrogens (tertiary/aromatic N) is 1. The summed E-state index contributed by atoms with van der Waals surface area (Å²) in [5, 5.41) is 2.23. The van der Waals surface area contributed by atoms with Gasteiger partial charge in [0.25, 0.3) is 11.1 Å². The predicted molar refractivity (Wildman–Crippen MR) is 130 cm³/mol. The average Bonchev–Trinajstić information content (AvgIpc) is 3.02. The molecule has 8 heteroatoms. The molecule has 0 aliphatic carbocycles. The van der Waals surface area contributed by atoms with Crippen LogP contribution in [0.15, 0.2) is 47.4 Å². The Labute approximate surface area is 198 Å². The van der Waals surface area contributed by atoms with Crippen LogP contribution in [0.1, 0.15) is 31.9 Å². The van der Waals surface area contributed by atoms with Crippen LogP contribution in [0.2, 0.25) is 0 Å². The van der Waals surface area contributed by atoms with E-state index in [-0.39, 0.29) is 11.4 Å². The Hall–Kier alpha value is -3.26. The molecule has 33 heavy (non-hydrogen) atoms. The Bertz CT molecular complexity index is 1060. The molecule has 1 heterocycles. The second-order valence-electron chi connectivity index (χ2n) is 8.03. The van der Waals surface area contributed by atoms with Crippen molar-refractivity contribution in [3.8, 4) is 11.5 Å². The standard InChI is InChI=1S/C25H28N2O5S/c1-5-31-21-12-18(8-11-20(21)32-15-16(2)3)13-22-24(29)27(25(30)33-22)14-23(28)26-19-9-6-17(4)7-10-19/h6-13,16H,5,14-15H2,1-4H3,(H,26,28)/b22-13+. The van der Waals surface area contributed by atoms with Gasteiger partial charge in [0, 0.05) is 5.69 Å². The minimum atomic E-state index is -0.498. The molecule has 2 aromatic carbocycles. The minimum absolute atomic E-state index is 0.251. The Morgan fingerprint density at radius 1 is 1.09 bits per heavy atom. The number of aryl methyl sites for hydroxylation is 1. The lowest BCUT2D eigenvalue weighted by molar-refractivity contribution is -0.127. The molecule has 2 aromatic rings. The molecule has 0 unspecified atom stereocenters. The molecule has 1 fully saturated rings. The smallest absolute Gasteiger partial charge is 0.294 e. The van der Waals surface area contributed by atoms with Crippen LogP contribution < -0.4 is 14.8 Å². The van der Waals surface area contributed by atoms with E-state index in [2.05, 4.69) is 19.2 Å². The van der Waals surface area contributed by atoms with Gasteiger partial charge in [-0.25, -0.2) is 0 Å². The van der Waals surface area contributed by atoms with Crippen molar-refractivity contribution in [2.75, 3.05) is 25.1 Å². The molecule has 0 atom stereocenters. The number of amides is 3. The zero-order valence-electron chi connectivity index (χ0n) is 19.2. The lowest BCUT2D eigenvalue weighted by atomic mass is 10.1. The molecule has 7 nitrogen and oxygen atoms in total. The highest BCUT2D eigenvalue weighted by Crippen LogP contribution is 2.34. The second-order valence-corrected chi connectivity index (χ2v) is 9.02. The number of ether oxygens (including phenoxy) is 2. The maximum atomic E-state index is 12.8. The number of imide groups is 1. The van der Waals surface area contributed by atoms with Crippen LogP contribution in [0.3, 0.4) is 0 Å². The first kappa shape index (κ1) is 24.4. The van der Waals surface area contributed by atoms with E-state index < -0.39 is 17.1 Å². The summed E-state index contributed by atoms with van der Waals surface area (Å²) in [4.78, 5) is 38.7. The molecule has 0 aromatic heterocycles. The van der Waals surface area contributed by atoms with Crippen LogP contribution in [-0.4, -0.2) is 41.7 Å². The number of hydrogen-bond acceptors (Lipinski definition) is 6. The zero-order chi connectivity index (χ0) is 24.0. The number of carbonyl (C=O) groups excluding carboxylic acids is 3. The number of hydrogen-bond donors (Lipinski definition) is 1. The number of benzene rings is 2. The van der Waals surface area contributed by atoms with E-state index >= 15 is 0 Å². The van der Waals surface area contributed by atoms with Crippen molar-refractivity contribution in [2.24, 2.45) is 5.92 Å². The topological polar surface area (TPSA) is 84.9 Å². The van der Waals surface area contributed by atoms with Gasteiger partial charge in [-0.15, -0.1) is 0 Å². The Kier molecular flexibility index (Phi) is 8.16. The molecular formula is C25H28N2O5S. The third-order valence-electron chi connectivity index (χ3n) is 4.65. The molecule has 1 N–H and O–H groups in total.